The van der Waals surface area contributed by atoms with Crippen molar-refractivity contribution in [1.29, 1.82) is 0 Å². The Morgan fingerprint density at radius 1 is 0.957 bits per heavy atom. The molecule has 0 saturated heterocycles. The van der Waals surface area contributed by atoms with Crippen molar-refractivity contribution in [3.63, 3.8) is 0 Å². The third kappa shape index (κ3) is 3.29. The van der Waals surface area contributed by atoms with Crippen LogP contribution in [0.1, 0.15) is 5.56 Å². The molecule has 0 radical (unpaired) electrons. The Labute approximate surface area is 138 Å². The van der Waals surface area contributed by atoms with E-state index in [4.69, 9.17) is 9.47 Å². The summed E-state index contributed by atoms with van der Waals surface area (Å²) in [5.41, 5.74) is 1.90. The van der Waals surface area contributed by atoms with Crippen LogP contribution in [0.3, 0.4) is 0 Å². The van der Waals surface area contributed by atoms with Crippen molar-refractivity contribution in [3.05, 3.63) is 54.1 Å². The molecule has 0 aliphatic heterocycles. The zero-order chi connectivity index (χ0) is 16.1. The Kier molecular flexibility index (Phi) is 4.77. The Balaban J connectivity index is 1.84. The Bertz CT molecular complexity index is 791. The molecule has 0 aliphatic rings. The number of ether oxygens (including phenoxy) is 2. The second-order valence-corrected chi connectivity index (χ2v) is 5.59. The normalized spacial score (nSPS) is 10.5. The van der Waals surface area contributed by atoms with Crippen LogP contribution in [0.15, 0.2) is 53.7 Å². The topological polar surface area (TPSA) is 62.1 Å². The summed E-state index contributed by atoms with van der Waals surface area (Å²) in [6.45, 7) is 0. The number of hydrogen-bond acceptors (Lipinski definition) is 6. The van der Waals surface area contributed by atoms with E-state index in [-0.39, 0.29) is 0 Å². The van der Waals surface area contributed by atoms with E-state index in [1.54, 1.807) is 30.7 Å². The summed E-state index contributed by atoms with van der Waals surface area (Å²) in [5.74, 6) is 2.29. The van der Waals surface area contributed by atoms with Gasteiger partial charge in [0, 0.05) is 11.3 Å². The highest BCUT2D eigenvalue weighted by Gasteiger charge is 2.13. The summed E-state index contributed by atoms with van der Waals surface area (Å²) in [6.07, 6.45) is 0. The molecule has 0 fully saturated rings. The lowest BCUT2D eigenvalue weighted by molar-refractivity contribution is 0.410. The number of para-hydroxylation sites is 3. The van der Waals surface area contributed by atoms with E-state index in [0.717, 1.165) is 22.7 Å². The van der Waals surface area contributed by atoms with Crippen LogP contribution in [0.2, 0.25) is 0 Å². The Morgan fingerprint density at radius 2 is 1.65 bits per heavy atom. The number of tetrazole rings is 1. The van der Waals surface area contributed by atoms with E-state index in [9.17, 15) is 0 Å². The van der Waals surface area contributed by atoms with Crippen LogP contribution in [0, 0.1) is 0 Å². The Hall–Kier alpha value is -2.54. The molecule has 1 heterocycles. The summed E-state index contributed by atoms with van der Waals surface area (Å²) >= 11 is 1.54. The van der Waals surface area contributed by atoms with Crippen LogP contribution in [0.5, 0.6) is 11.5 Å². The summed E-state index contributed by atoms with van der Waals surface area (Å²) in [6, 6.07) is 15.5. The summed E-state index contributed by atoms with van der Waals surface area (Å²) < 4.78 is 12.4. The van der Waals surface area contributed by atoms with Crippen LogP contribution >= 0.6 is 11.8 Å². The van der Waals surface area contributed by atoms with Gasteiger partial charge in [0.05, 0.1) is 14.2 Å². The molecule has 0 unspecified atom stereocenters. The summed E-state index contributed by atoms with van der Waals surface area (Å²) in [7, 11) is 3.30. The van der Waals surface area contributed by atoms with E-state index in [1.165, 1.54) is 0 Å². The predicted molar refractivity (Wildman–Crippen MR) is 88.3 cm³/mol. The largest absolute Gasteiger partial charge is 0.496 e. The van der Waals surface area contributed by atoms with E-state index in [0.29, 0.717) is 10.9 Å². The van der Waals surface area contributed by atoms with Gasteiger partial charge in [0.25, 0.3) is 0 Å². The first-order valence-corrected chi connectivity index (χ1v) is 7.98. The molecule has 0 spiro atoms. The van der Waals surface area contributed by atoms with Crippen LogP contribution < -0.4 is 9.47 Å². The van der Waals surface area contributed by atoms with E-state index >= 15 is 0 Å². The lowest BCUT2D eigenvalue weighted by Crippen LogP contribution is -2.02. The summed E-state index contributed by atoms with van der Waals surface area (Å²) in [5, 5.41) is 12.7. The molecular formula is C16H16N4O2S. The number of nitrogens with zero attached hydrogens (tertiary/aromatic N) is 4. The smallest absolute Gasteiger partial charge is 0.214 e. The van der Waals surface area contributed by atoms with Gasteiger partial charge in [-0.3, -0.25) is 0 Å². The minimum Gasteiger partial charge on any atom is -0.496 e. The zero-order valence-corrected chi connectivity index (χ0v) is 13.7. The first kappa shape index (κ1) is 15.4. The van der Waals surface area contributed by atoms with Gasteiger partial charge in [-0.05, 0) is 28.6 Å². The number of thioether (sulfide) groups is 1. The van der Waals surface area contributed by atoms with Crippen molar-refractivity contribution in [2.45, 2.75) is 10.9 Å². The second kappa shape index (κ2) is 7.15. The number of hydrogen-bond donors (Lipinski definition) is 0. The molecule has 0 atom stereocenters. The van der Waals surface area contributed by atoms with Crippen LogP contribution in [0.4, 0.5) is 0 Å². The highest BCUT2D eigenvalue weighted by molar-refractivity contribution is 7.98. The quantitative estimate of drug-likeness (QED) is 0.648. The minimum atomic E-state index is 0.695. The van der Waals surface area contributed by atoms with Crippen molar-refractivity contribution in [2.75, 3.05) is 14.2 Å². The number of methoxy groups -OCH3 is 2. The van der Waals surface area contributed by atoms with E-state index in [2.05, 4.69) is 15.5 Å². The fourth-order valence-corrected chi connectivity index (χ4v) is 3.06. The maximum Gasteiger partial charge on any atom is 0.214 e. The van der Waals surface area contributed by atoms with Crippen molar-refractivity contribution in [1.82, 2.24) is 20.2 Å². The maximum atomic E-state index is 5.38. The Morgan fingerprint density at radius 3 is 2.43 bits per heavy atom. The third-order valence-electron chi connectivity index (χ3n) is 3.30. The van der Waals surface area contributed by atoms with Gasteiger partial charge < -0.3 is 9.47 Å². The fourth-order valence-electron chi connectivity index (χ4n) is 2.19. The zero-order valence-electron chi connectivity index (χ0n) is 12.8. The standard InChI is InChI=1S/C16H16N4O2S/c1-21-14-9-5-3-7-12(14)11-23-16-17-18-19-20(16)13-8-4-6-10-15(13)22-2/h3-10H,11H2,1-2H3. The monoisotopic (exact) mass is 328 g/mol. The summed E-state index contributed by atoms with van der Waals surface area (Å²) in [4.78, 5) is 0. The average molecular weight is 328 g/mol. The van der Waals surface area contributed by atoms with E-state index < -0.39 is 0 Å². The minimum absolute atomic E-state index is 0.695. The van der Waals surface area contributed by atoms with Crippen LogP contribution in [-0.4, -0.2) is 34.4 Å². The molecule has 0 bridgehead atoms. The van der Waals surface area contributed by atoms with Gasteiger partial charge in [-0.15, -0.1) is 5.10 Å². The van der Waals surface area contributed by atoms with Gasteiger partial charge in [-0.25, -0.2) is 0 Å². The molecule has 7 heteroatoms. The lowest BCUT2D eigenvalue weighted by atomic mass is 10.2. The maximum absolute atomic E-state index is 5.38. The molecule has 1 aromatic heterocycles. The molecule has 3 aromatic rings. The van der Waals surface area contributed by atoms with Crippen molar-refractivity contribution in [2.24, 2.45) is 0 Å². The lowest BCUT2D eigenvalue weighted by Gasteiger charge is -2.10. The van der Waals surface area contributed by atoms with Gasteiger partial charge in [0.15, 0.2) is 0 Å². The first-order chi connectivity index (χ1) is 11.3. The second-order valence-electron chi connectivity index (χ2n) is 4.65. The predicted octanol–water partition coefficient (Wildman–Crippen LogP) is 2.97. The molecule has 0 N–H and O–H groups in total. The average Bonchev–Trinajstić information content (AvgIpc) is 3.08. The van der Waals surface area contributed by atoms with Gasteiger partial charge in [0.1, 0.15) is 17.2 Å². The van der Waals surface area contributed by atoms with Gasteiger partial charge in [-0.2, -0.15) is 4.68 Å². The highest BCUT2D eigenvalue weighted by atomic mass is 32.2. The molecule has 2 aromatic carbocycles. The van der Waals surface area contributed by atoms with Crippen molar-refractivity contribution in [3.8, 4) is 17.2 Å². The molecule has 6 nitrogen and oxygen atoms in total. The molecule has 118 valence electrons. The van der Waals surface area contributed by atoms with Crippen molar-refractivity contribution >= 4 is 11.8 Å². The molecule has 0 saturated carbocycles. The molecule has 23 heavy (non-hydrogen) atoms. The SMILES string of the molecule is COc1ccccc1CSc1nnnn1-c1ccccc1OC. The van der Waals surface area contributed by atoms with Crippen LogP contribution in [0.25, 0.3) is 5.69 Å². The third-order valence-corrected chi connectivity index (χ3v) is 4.27. The van der Waals surface area contributed by atoms with Crippen molar-refractivity contribution < 1.29 is 9.47 Å². The van der Waals surface area contributed by atoms with Crippen LogP contribution in [-0.2, 0) is 5.75 Å². The highest BCUT2D eigenvalue weighted by Crippen LogP contribution is 2.29. The molecule has 3 rings (SSSR count). The van der Waals surface area contributed by atoms with Gasteiger partial charge in [0.2, 0.25) is 5.16 Å². The molecule has 0 aliphatic carbocycles. The van der Waals surface area contributed by atoms with E-state index in [1.807, 2.05) is 48.5 Å². The number of rotatable bonds is 6. The molecular weight excluding hydrogens is 312 g/mol. The fraction of sp³-hybridized carbons (Fsp3) is 0.188. The van der Waals surface area contributed by atoms with Gasteiger partial charge >= 0.3 is 0 Å². The first-order valence-electron chi connectivity index (χ1n) is 7.00. The number of benzene rings is 2. The molecule has 0 amide bonds. The number of aromatic nitrogens is 4. The van der Waals surface area contributed by atoms with Gasteiger partial charge in [-0.1, -0.05) is 42.1 Å².